The number of rotatable bonds is 4. The molecule has 0 fully saturated rings. The second kappa shape index (κ2) is 5.44. The molecule has 0 aliphatic heterocycles. The fourth-order valence-electron chi connectivity index (χ4n) is 1.28. The summed E-state index contributed by atoms with van der Waals surface area (Å²) in [5, 5.41) is 2.69. The standard InChI is InChI=1S/C11H15FN2O/c1-3-4-8(2)11(15)14-9-5-6-10(12)13-7-9/h5-8H,3-4H2,1-2H3,(H,14,15)/t8-/m0/s1. The molecule has 0 aliphatic carbocycles. The number of amides is 1. The van der Waals surface area contributed by atoms with E-state index in [1.54, 1.807) is 0 Å². The molecule has 0 bridgehead atoms. The molecule has 1 atom stereocenters. The molecule has 0 saturated heterocycles. The molecule has 1 rings (SSSR count). The van der Waals surface area contributed by atoms with Gasteiger partial charge in [-0.3, -0.25) is 4.79 Å². The molecular formula is C11H15FN2O. The molecule has 0 radical (unpaired) electrons. The summed E-state index contributed by atoms with van der Waals surface area (Å²) in [7, 11) is 0. The van der Waals surface area contributed by atoms with Crippen molar-refractivity contribution in [1.82, 2.24) is 4.98 Å². The topological polar surface area (TPSA) is 42.0 Å². The lowest BCUT2D eigenvalue weighted by molar-refractivity contribution is -0.119. The summed E-state index contributed by atoms with van der Waals surface area (Å²) in [6, 6.07) is 2.72. The average molecular weight is 210 g/mol. The van der Waals surface area contributed by atoms with Crippen molar-refractivity contribution >= 4 is 11.6 Å². The average Bonchev–Trinajstić information content (AvgIpc) is 2.22. The van der Waals surface area contributed by atoms with E-state index >= 15 is 0 Å². The third-order valence-electron chi connectivity index (χ3n) is 2.16. The molecule has 82 valence electrons. The predicted molar refractivity (Wildman–Crippen MR) is 56.9 cm³/mol. The van der Waals surface area contributed by atoms with Gasteiger partial charge in [0.2, 0.25) is 11.9 Å². The Hall–Kier alpha value is -1.45. The Balaban J connectivity index is 2.54. The van der Waals surface area contributed by atoms with Crippen LogP contribution in [0.4, 0.5) is 10.1 Å². The summed E-state index contributed by atoms with van der Waals surface area (Å²) in [6.45, 7) is 3.90. The second-order valence-electron chi connectivity index (χ2n) is 3.55. The van der Waals surface area contributed by atoms with E-state index in [4.69, 9.17) is 0 Å². The normalized spacial score (nSPS) is 12.2. The minimum Gasteiger partial charge on any atom is -0.324 e. The lowest BCUT2D eigenvalue weighted by Gasteiger charge is -2.10. The predicted octanol–water partition coefficient (Wildman–Crippen LogP) is 2.60. The molecule has 1 heterocycles. The zero-order valence-electron chi connectivity index (χ0n) is 8.96. The number of pyridine rings is 1. The number of nitrogens with zero attached hydrogens (tertiary/aromatic N) is 1. The molecule has 4 heteroatoms. The van der Waals surface area contributed by atoms with Gasteiger partial charge in [-0.25, -0.2) is 4.98 Å². The Morgan fingerprint density at radius 2 is 2.33 bits per heavy atom. The van der Waals surface area contributed by atoms with Crippen LogP contribution in [0.3, 0.4) is 0 Å². The van der Waals surface area contributed by atoms with E-state index in [0.29, 0.717) is 5.69 Å². The largest absolute Gasteiger partial charge is 0.324 e. The van der Waals surface area contributed by atoms with Gasteiger partial charge < -0.3 is 5.32 Å². The molecule has 1 amide bonds. The van der Waals surface area contributed by atoms with Gasteiger partial charge in [-0.15, -0.1) is 0 Å². The van der Waals surface area contributed by atoms with Crippen LogP contribution < -0.4 is 5.32 Å². The number of hydrogen-bond donors (Lipinski definition) is 1. The first-order valence-corrected chi connectivity index (χ1v) is 5.06. The van der Waals surface area contributed by atoms with Crippen molar-refractivity contribution in [3.63, 3.8) is 0 Å². The maximum absolute atomic E-state index is 12.5. The number of hydrogen-bond acceptors (Lipinski definition) is 2. The van der Waals surface area contributed by atoms with Gasteiger partial charge in [0.1, 0.15) is 0 Å². The summed E-state index contributed by atoms with van der Waals surface area (Å²) in [5.74, 6) is -0.625. The smallest absolute Gasteiger partial charge is 0.227 e. The van der Waals surface area contributed by atoms with E-state index in [9.17, 15) is 9.18 Å². The highest BCUT2D eigenvalue weighted by atomic mass is 19.1. The maximum atomic E-state index is 12.5. The van der Waals surface area contributed by atoms with Crippen LogP contribution in [0.5, 0.6) is 0 Å². The van der Waals surface area contributed by atoms with Gasteiger partial charge in [-0.05, 0) is 18.6 Å². The first-order valence-electron chi connectivity index (χ1n) is 5.06. The molecule has 1 aromatic rings. The lowest BCUT2D eigenvalue weighted by atomic mass is 10.1. The summed E-state index contributed by atoms with van der Waals surface area (Å²) >= 11 is 0. The fraction of sp³-hybridized carbons (Fsp3) is 0.455. The zero-order chi connectivity index (χ0) is 11.3. The van der Waals surface area contributed by atoms with Crippen LogP contribution in [0.15, 0.2) is 18.3 Å². The van der Waals surface area contributed by atoms with Crippen molar-refractivity contribution in [2.75, 3.05) is 5.32 Å². The highest BCUT2D eigenvalue weighted by molar-refractivity contribution is 5.92. The first-order chi connectivity index (χ1) is 7.13. The Labute approximate surface area is 88.7 Å². The molecule has 1 aromatic heterocycles. The van der Waals surface area contributed by atoms with Crippen LogP contribution in [0.25, 0.3) is 0 Å². The van der Waals surface area contributed by atoms with Crippen molar-refractivity contribution in [2.24, 2.45) is 5.92 Å². The zero-order valence-corrected chi connectivity index (χ0v) is 8.96. The van der Waals surface area contributed by atoms with E-state index in [2.05, 4.69) is 10.3 Å². The van der Waals surface area contributed by atoms with Gasteiger partial charge in [-0.2, -0.15) is 4.39 Å². The monoisotopic (exact) mass is 210 g/mol. The third-order valence-corrected chi connectivity index (χ3v) is 2.16. The number of aromatic nitrogens is 1. The Kier molecular flexibility index (Phi) is 4.21. The van der Waals surface area contributed by atoms with Crippen LogP contribution in [0, 0.1) is 11.9 Å². The van der Waals surface area contributed by atoms with Crippen molar-refractivity contribution < 1.29 is 9.18 Å². The molecule has 0 unspecified atom stereocenters. The molecule has 0 aromatic carbocycles. The van der Waals surface area contributed by atoms with Gasteiger partial charge in [0.05, 0.1) is 11.9 Å². The number of carbonyl (C=O) groups is 1. The molecular weight excluding hydrogens is 195 g/mol. The van der Waals surface area contributed by atoms with Gasteiger partial charge in [0.25, 0.3) is 0 Å². The fourth-order valence-corrected chi connectivity index (χ4v) is 1.28. The van der Waals surface area contributed by atoms with Crippen molar-refractivity contribution in [3.05, 3.63) is 24.3 Å². The summed E-state index contributed by atoms with van der Waals surface area (Å²) in [5.41, 5.74) is 0.532. The Morgan fingerprint density at radius 3 is 2.87 bits per heavy atom. The SMILES string of the molecule is CCC[C@H](C)C(=O)Nc1ccc(F)nc1. The van der Waals surface area contributed by atoms with Crippen LogP contribution >= 0.6 is 0 Å². The van der Waals surface area contributed by atoms with Gasteiger partial charge in [-0.1, -0.05) is 20.3 Å². The third kappa shape index (κ3) is 3.65. The van der Waals surface area contributed by atoms with E-state index in [0.717, 1.165) is 12.8 Å². The Bertz CT molecular complexity index is 324. The molecule has 0 aliphatic rings. The number of carbonyl (C=O) groups excluding carboxylic acids is 1. The molecule has 3 nitrogen and oxygen atoms in total. The highest BCUT2D eigenvalue weighted by Gasteiger charge is 2.11. The van der Waals surface area contributed by atoms with Crippen molar-refractivity contribution in [1.29, 1.82) is 0 Å². The van der Waals surface area contributed by atoms with Gasteiger partial charge in [0, 0.05) is 5.92 Å². The molecule has 0 spiro atoms. The minimum absolute atomic E-state index is 0.0277. The van der Waals surface area contributed by atoms with Crippen LogP contribution in [-0.4, -0.2) is 10.9 Å². The molecule has 0 saturated carbocycles. The number of anilines is 1. The molecule has 1 N–H and O–H groups in total. The number of nitrogens with one attached hydrogen (secondary N) is 1. The highest BCUT2D eigenvalue weighted by Crippen LogP contribution is 2.10. The second-order valence-corrected chi connectivity index (χ2v) is 3.55. The van der Waals surface area contributed by atoms with E-state index in [1.165, 1.54) is 18.3 Å². The summed E-state index contributed by atoms with van der Waals surface area (Å²) in [6.07, 6.45) is 3.13. The van der Waals surface area contributed by atoms with Crippen LogP contribution in [-0.2, 0) is 4.79 Å². The van der Waals surface area contributed by atoms with E-state index < -0.39 is 5.95 Å². The van der Waals surface area contributed by atoms with Crippen LogP contribution in [0.2, 0.25) is 0 Å². The van der Waals surface area contributed by atoms with Crippen molar-refractivity contribution in [3.8, 4) is 0 Å². The summed E-state index contributed by atoms with van der Waals surface area (Å²) in [4.78, 5) is 15.0. The first kappa shape index (κ1) is 11.6. The quantitative estimate of drug-likeness (QED) is 0.776. The molecule has 15 heavy (non-hydrogen) atoms. The van der Waals surface area contributed by atoms with E-state index in [1.807, 2.05) is 13.8 Å². The number of halogens is 1. The van der Waals surface area contributed by atoms with Crippen molar-refractivity contribution in [2.45, 2.75) is 26.7 Å². The van der Waals surface area contributed by atoms with E-state index in [-0.39, 0.29) is 11.8 Å². The minimum atomic E-state index is -0.547. The Morgan fingerprint density at radius 1 is 1.60 bits per heavy atom. The lowest BCUT2D eigenvalue weighted by Crippen LogP contribution is -2.20. The van der Waals surface area contributed by atoms with Gasteiger partial charge >= 0.3 is 0 Å². The maximum Gasteiger partial charge on any atom is 0.227 e. The summed E-state index contributed by atoms with van der Waals surface area (Å²) < 4.78 is 12.5. The van der Waals surface area contributed by atoms with Crippen LogP contribution in [0.1, 0.15) is 26.7 Å². The van der Waals surface area contributed by atoms with Gasteiger partial charge in [0.15, 0.2) is 0 Å².